The number of rotatable bonds is 1. The summed E-state index contributed by atoms with van der Waals surface area (Å²) < 4.78 is 0. The smallest absolute Gasteiger partial charge is 0.0473 e. The molecule has 0 aliphatic heterocycles. The molecule has 8 heavy (non-hydrogen) atoms. The molecule has 0 radical (unpaired) electrons. The van der Waals surface area contributed by atoms with E-state index in [2.05, 4.69) is 19.6 Å². The molecular weight excluding hydrogens is 112 g/mol. The van der Waals surface area contributed by atoms with E-state index in [0.717, 1.165) is 0 Å². The summed E-state index contributed by atoms with van der Waals surface area (Å²) in [5.74, 6) is 0. The minimum absolute atomic E-state index is 0.674. The average Bonchev–Trinajstić information content (AvgIpc) is 1.16. The van der Waals surface area contributed by atoms with Crippen molar-refractivity contribution < 1.29 is 0 Å². The van der Waals surface area contributed by atoms with Crippen LogP contribution < -0.4 is 0 Å². The van der Waals surface area contributed by atoms with Crippen LogP contribution in [0.4, 0.5) is 0 Å². The predicted molar refractivity (Wildman–Crippen MR) is 40.9 cm³/mol. The molecule has 1 aliphatic carbocycles. The molecule has 1 saturated carbocycles. The molecule has 0 aromatic carbocycles. The largest absolute Gasteiger partial charge is 0.0693 e. The maximum Gasteiger partial charge on any atom is 0.0473 e. The third-order valence-corrected chi connectivity index (χ3v) is 5.36. The maximum absolute atomic E-state index is 2.48. The van der Waals surface area contributed by atoms with Crippen molar-refractivity contribution in [2.45, 2.75) is 44.4 Å². The highest BCUT2D eigenvalue weighted by Gasteiger charge is 2.30. The Bertz CT molecular complexity index is 76.9. The van der Waals surface area contributed by atoms with Gasteiger partial charge in [0.2, 0.25) is 0 Å². The van der Waals surface area contributed by atoms with Crippen LogP contribution in [0.25, 0.3) is 0 Å². The van der Waals surface area contributed by atoms with Crippen molar-refractivity contribution >= 4 is 8.07 Å². The van der Waals surface area contributed by atoms with Crippen LogP contribution in [0.1, 0.15) is 19.3 Å². The van der Waals surface area contributed by atoms with Gasteiger partial charge in [-0.25, -0.2) is 0 Å². The van der Waals surface area contributed by atoms with Crippen molar-refractivity contribution in [2.24, 2.45) is 0 Å². The Morgan fingerprint density at radius 2 is 1.62 bits per heavy atom. The topological polar surface area (TPSA) is 0 Å². The Kier molecular flexibility index (Phi) is 1.48. The molecule has 1 fully saturated rings. The normalized spacial score (nSPS) is 22.9. The Morgan fingerprint density at radius 1 is 1.12 bits per heavy atom. The van der Waals surface area contributed by atoms with E-state index in [0.29, 0.717) is 0 Å². The summed E-state index contributed by atoms with van der Waals surface area (Å²) in [6.45, 7) is 7.45. The average molecular weight is 128 g/mol. The van der Waals surface area contributed by atoms with Gasteiger partial charge >= 0.3 is 0 Å². The Balaban J connectivity index is 2.34. The number of hydrogen-bond acceptors (Lipinski definition) is 0. The second-order valence-corrected chi connectivity index (χ2v) is 9.54. The highest BCUT2D eigenvalue weighted by atomic mass is 28.3. The van der Waals surface area contributed by atoms with Gasteiger partial charge in [-0.2, -0.15) is 0 Å². The minimum atomic E-state index is -0.674. The summed E-state index contributed by atoms with van der Waals surface area (Å²) in [5, 5.41) is 0. The Hall–Kier alpha value is 0.217. The lowest BCUT2D eigenvalue weighted by Gasteiger charge is -2.35. The van der Waals surface area contributed by atoms with Gasteiger partial charge in [-0.3, -0.25) is 0 Å². The van der Waals surface area contributed by atoms with Crippen molar-refractivity contribution in [1.29, 1.82) is 0 Å². The molecular formula is C7H16Si. The molecule has 1 aliphatic rings. The lowest BCUT2D eigenvalue weighted by atomic mass is 10.00. The van der Waals surface area contributed by atoms with Crippen LogP contribution in [0.5, 0.6) is 0 Å². The molecule has 0 bridgehead atoms. The van der Waals surface area contributed by atoms with Crippen molar-refractivity contribution in [3.63, 3.8) is 0 Å². The van der Waals surface area contributed by atoms with E-state index in [1.165, 1.54) is 24.8 Å². The minimum Gasteiger partial charge on any atom is -0.0693 e. The van der Waals surface area contributed by atoms with Gasteiger partial charge in [-0.05, 0) is 5.54 Å². The van der Waals surface area contributed by atoms with Crippen LogP contribution in [0.15, 0.2) is 0 Å². The van der Waals surface area contributed by atoms with Gasteiger partial charge < -0.3 is 0 Å². The Labute approximate surface area is 53.3 Å². The first-order chi connectivity index (χ1) is 3.61. The fourth-order valence-corrected chi connectivity index (χ4v) is 3.41. The zero-order chi connectivity index (χ0) is 6.20. The predicted octanol–water partition coefficient (Wildman–Crippen LogP) is 2.88. The second kappa shape index (κ2) is 1.87. The van der Waals surface area contributed by atoms with Gasteiger partial charge in [0.25, 0.3) is 0 Å². The molecule has 0 amide bonds. The monoisotopic (exact) mass is 128 g/mol. The summed E-state index contributed by atoms with van der Waals surface area (Å²) in [4.78, 5) is 0. The first-order valence-electron chi connectivity index (χ1n) is 3.61. The first-order valence-corrected chi connectivity index (χ1v) is 7.18. The molecule has 0 unspecified atom stereocenters. The van der Waals surface area contributed by atoms with Gasteiger partial charge in [-0.1, -0.05) is 38.9 Å². The molecule has 0 aromatic rings. The van der Waals surface area contributed by atoms with E-state index < -0.39 is 8.07 Å². The van der Waals surface area contributed by atoms with E-state index in [-0.39, 0.29) is 0 Å². The van der Waals surface area contributed by atoms with Crippen LogP contribution >= 0.6 is 0 Å². The molecule has 0 atom stereocenters. The van der Waals surface area contributed by atoms with Crippen LogP contribution in [0.2, 0.25) is 25.2 Å². The summed E-state index contributed by atoms with van der Waals surface area (Å²) in [6, 6.07) is 0. The summed E-state index contributed by atoms with van der Waals surface area (Å²) in [6.07, 6.45) is 4.58. The van der Waals surface area contributed by atoms with Gasteiger partial charge in [0.1, 0.15) is 0 Å². The molecule has 0 nitrogen and oxygen atoms in total. The SMILES string of the molecule is C[Si](C)(C)C1CCC1. The van der Waals surface area contributed by atoms with Gasteiger partial charge in [-0.15, -0.1) is 0 Å². The highest BCUT2D eigenvalue weighted by molar-refractivity contribution is 6.77. The van der Waals surface area contributed by atoms with Gasteiger partial charge in [0.15, 0.2) is 0 Å². The second-order valence-electron chi connectivity index (χ2n) is 3.99. The summed E-state index contributed by atoms with van der Waals surface area (Å²) in [7, 11) is -0.674. The fraction of sp³-hybridized carbons (Fsp3) is 1.00. The third kappa shape index (κ3) is 1.13. The third-order valence-electron chi connectivity index (χ3n) is 2.33. The molecule has 0 spiro atoms. The van der Waals surface area contributed by atoms with E-state index in [4.69, 9.17) is 0 Å². The van der Waals surface area contributed by atoms with Crippen LogP contribution in [-0.4, -0.2) is 8.07 Å². The van der Waals surface area contributed by atoms with Crippen LogP contribution in [-0.2, 0) is 0 Å². The summed E-state index contributed by atoms with van der Waals surface area (Å²) >= 11 is 0. The lowest BCUT2D eigenvalue weighted by molar-refractivity contribution is 0.487. The molecule has 0 aromatic heterocycles. The highest BCUT2D eigenvalue weighted by Crippen LogP contribution is 2.40. The van der Waals surface area contributed by atoms with Crippen LogP contribution in [0, 0.1) is 0 Å². The zero-order valence-corrected chi connectivity index (χ0v) is 7.20. The zero-order valence-electron chi connectivity index (χ0n) is 6.20. The first kappa shape index (κ1) is 6.34. The summed E-state index contributed by atoms with van der Waals surface area (Å²) in [5.41, 5.74) is 1.17. The lowest BCUT2D eigenvalue weighted by Crippen LogP contribution is -2.32. The molecule has 48 valence electrons. The number of hydrogen-bond donors (Lipinski definition) is 0. The fourth-order valence-electron chi connectivity index (χ4n) is 1.27. The van der Waals surface area contributed by atoms with Gasteiger partial charge in [0, 0.05) is 8.07 Å². The Morgan fingerprint density at radius 3 is 1.62 bits per heavy atom. The molecule has 1 heteroatoms. The standard InChI is InChI=1S/C7H16Si/c1-8(2,3)7-5-4-6-7/h7H,4-6H2,1-3H3. The van der Waals surface area contributed by atoms with Crippen LogP contribution in [0.3, 0.4) is 0 Å². The molecule has 0 saturated heterocycles. The van der Waals surface area contributed by atoms with E-state index >= 15 is 0 Å². The van der Waals surface area contributed by atoms with E-state index in [1.807, 2.05) is 0 Å². The molecule has 0 N–H and O–H groups in total. The molecule has 1 rings (SSSR count). The van der Waals surface area contributed by atoms with Gasteiger partial charge in [0.05, 0.1) is 0 Å². The van der Waals surface area contributed by atoms with Crippen molar-refractivity contribution in [3.05, 3.63) is 0 Å². The van der Waals surface area contributed by atoms with E-state index in [1.54, 1.807) is 0 Å². The van der Waals surface area contributed by atoms with Crippen molar-refractivity contribution in [1.82, 2.24) is 0 Å². The van der Waals surface area contributed by atoms with Crippen molar-refractivity contribution in [2.75, 3.05) is 0 Å². The molecule has 0 heterocycles. The van der Waals surface area contributed by atoms with Crippen molar-refractivity contribution in [3.8, 4) is 0 Å². The maximum atomic E-state index is 2.48. The van der Waals surface area contributed by atoms with E-state index in [9.17, 15) is 0 Å². The quantitative estimate of drug-likeness (QED) is 0.476.